The van der Waals surface area contributed by atoms with E-state index in [0.29, 0.717) is 5.57 Å². The number of hydrogen-bond donors (Lipinski definition) is 2. The van der Waals surface area contributed by atoms with E-state index in [9.17, 15) is 0 Å². The molecule has 0 unspecified atom stereocenters. The molecule has 7 nitrogen and oxygen atoms in total. The van der Waals surface area contributed by atoms with Gasteiger partial charge in [0.1, 0.15) is 17.4 Å². The van der Waals surface area contributed by atoms with Crippen LogP contribution in [0.4, 0.5) is 5.69 Å². The molecule has 1 heterocycles. The summed E-state index contributed by atoms with van der Waals surface area (Å²) in [6.07, 6.45) is 4.10. The average molecular weight is 282 g/mol. The van der Waals surface area contributed by atoms with Crippen molar-refractivity contribution in [3.8, 4) is 11.8 Å². The Labute approximate surface area is 121 Å². The highest BCUT2D eigenvalue weighted by Crippen LogP contribution is 2.29. The van der Waals surface area contributed by atoms with Crippen LogP contribution in [0.25, 0.3) is 5.57 Å². The molecule has 0 saturated heterocycles. The Morgan fingerprint density at radius 1 is 1.43 bits per heavy atom. The fourth-order valence-corrected chi connectivity index (χ4v) is 1.72. The maximum Gasteiger partial charge on any atom is 0.216 e. The number of nitrogens with one attached hydrogen (secondary N) is 2. The zero-order chi connectivity index (χ0) is 14.5. The average Bonchev–Trinajstić information content (AvgIpc) is 3.20. The van der Waals surface area contributed by atoms with Gasteiger partial charge in [-0.25, -0.2) is 0 Å². The largest absolute Gasteiger partial charge is 0.493 e. The van der Waals surface area contributed by atoms with Crippen LogP contribution in [0.3, 0.4) is 0 Å². The van der Waals surface area contributed by atoms with Crippen LogP contribution in [-0.4, -0.2) is 27.2 Å². The van der Waals surface area contributed by atoms with E-state index in [1.165, 1.54) is 12.8 Å². The molecule has 0 amide bonds. The number of nitrogens with zero attached hydrogens (tertiary/aromatic N) is 4. The Morgan fingerprint density at radius 2 is 2.24 bits per heavy atom. The maximum atomic E-state index is 9.05. The molecular weight excluding hydrogens is 268 g/mol. The minimum absolute atomic E-state index is 0.259. The Balaban J connectivity index is 1.60. The van der Waals surface area contributed by atoms with Crippen LogP contribution in [0.5, 0.6) is 5.75 Å². The number of nitriles is 1. The van der Waals surface area contributed by atoms with Crippen LogP contribution in [0.2, 0.25) is 0 Å². The number of tetrazole rings is 1. The van der Waals surface area contributed by atoms with E-state index >= 15 is 0 Å². The van der Waals surface area contributed by atoms with Gasteiger partial charge in [0.25, 0.3) is 0 Å². The van der Waals surface area contributed by atoms with Gasteiger partial charge in [0.05, 0.1) is 6.61 Å². The van der Waals surface area contributed by atoms with E-state index in [1.807, 2.05) is 30.3 Å². The SMILES string of the molecule is N#CC(=CNc1ccc(OCC2CC2)cc1)c1nn[nH]n1. The lowest BCUT2D eigenvalue weighted by Crippen LogP contribution is -1.99. The van der Waals surface area contributed by atoms with Crippen molar-refractivity contribution in [1.29, 1.82) is 5.26 Å². The summed E-state index contributed by atoms with van der Waals surface area (Å²) in [7, 11) is 0. The van der Waals surface area contributed by atoms with Crippen molar-refractivity contribution in [2.24, 2.45) is 5.92 Å². The summed E-state index contributed by atoms with van der Waals surface area (Å²) in [5.74, 6) is 1.85. The van der Waals surface area contributed by atoms with Crippen molar-refractivity contribution in [1.82, 2.24) is 20.6 Å². The van der Waals surface area contributed by atoms with Crippen LogP contribution in [0.1, 0.15) is 18.7 Å². The summed E-state index contributed by atoms with van der Waals surface area (Å²) in [4.78, 5) is 0. The minimum Gasteiger partial charge on any atom is -0.493 e. The number of ether oxygens (including phenoxy) is 1. The van der Waals surface area contributed by atoms with Crippen LogP contribution < -0.4 is 10.1 Å². The molecule has 21 heavy (non-hydrogen) atoms. The van der Waals surface area contributed by atoms with Gasteiger partial charge in [-0.3, -0.25) is 0 Å². The predicted molar refractivity (Wildman–Crippen MR) is 76.1 cm³/mol. The lowest BCUT2D eigenvalue weighted by atomic mass is 10.2. The molecule has 1 aliphatic rings. The maximum absolute atomic E-state index is 9.05. The zero-order valence-electron chi connectivity index (χ0n) is 11.3. The number of benzene rings is 1. The van der Waals surface area contributed by atoms with Gasteiger partial charge >= 0.3 is 0 Å². The van der Waals surface area contributed by atoms with Gasteiger partial charge in [-0.05, 0) is 48.2 Å². The van der Waals surface area contributed by atoms with Gasteiger partial charge in [0.15, 0.2) is 0 Å². The number of H-pyrrole nitrogens is 1. The number of rotatable bonds is 6. The fourth-order valence-electron chi connectivity index (χ4n) is 1.72. The summed E-state index contributed by atoms with van der Waals surface area (Å²) < 4.78 is 5.66. The lowest BCUT2D eigenvalue weighted by Gasteiger charge is -2.06. The number of hydrogen-bond acceptors (Lipinski definition) is 6. The molecule has 106 valence electrons. The van der Waals surface area contributed by atoms with Gasteiger partial charge in [-0.1, -0.05) is 0 Å². The van der Waals surface area contributed by atoms with Gasteiger partial charge in [0.2, 0.25) is 5.82 Å². The number of aromatic nitrogens is 4. The highest BCUT2D eigenvalue weighted by Gasteiger charge is 2.21. The zero-order valence-corrected chi connectivity index (χ0v) is 11.3. The summed E-state index contributed by atoms with van der Waals surface area (Å²) in [5, 5.41) is 25.3. The third kappa shape index (κ3) is 3.57. The lowest BCUT2D eigenvalue weighted by molar-refractivity contribution is 0.300. The van der Waals surface area contributed by atoms with Gasteiger partial charge in [-0.15, -0.1) is 10.2 Å². The highest BCUT2D eigenvalue weighted by atomic mass is 16.5. The highest BCUT2D eigenvalue weighted by molar-refractivity contribution is 5.74. The van der Waals surface area contributed by atoms with Gasteiger partial charge < -0.3 is 10.1 Å². The van der Waals surface area contributed by atoms with Crippen molar-refractivity contribution in [3.63, 3.8) is 0 Å². The van der Waals surface area contributed by atoms with E-state index in [-0.39, 0.29) is 5.82 Å². The van der Waals surface area contributed by atoms with Crippen LogP contribution in [-0.2, 0) is 0 Å². The summed E-state index contributed by atoms with van der Waals surface area (Å²) in [5.41, 5.74) is 1.16. The molecule has 0 bridgehead atoms. The fraction of sp³-hybridized carbons (Fsp3) is 0.286. The summed E-state index contributed by atoms with van der Waals surface area (Å²) >= 11 is 0. The van der Waals surface area contributed by atoms with Crippen molar-refractivity contribution in [3.05, 3.63) is 36.3 Å². The molecule has 1 saturated carbocycles. The van der Waals surface area contributed by atoms with Gasteiger partial charge in [-0.2, -0.15) is 10.5 Å². The second-order valence-corrected chi connectivity index (χ2v) is 4.83. The molecule has 1 aromatic carbocycles. The predicted octanol–water partition coefficient (Wildman–Crippen LogP) is 1.97. The van der Waals surface area contributed by atoms with Crippen LogP contribution in [0.15, 0.2) is 30.5 Å². The molecule has 3 rings (SSSR count). The van der Waals surface area contributed by atoms with Crippen LogP contribution in [0, 0.1) is 17.2 Å². The third-order valence-corrected chi connectivity index (χ3v) is 3.13. The van der Waals surface area contributed by atoms with E-state index in [0.717, 1.165) is 24.0 Å². The first kappa shape index (κ1) is 13.1. The van der Waals surface area contributed by atoms with Crippen molar-refractivity contribution in [2.45, 2.75) is 12.8 Å². The molecule has 1 aliphatic carbocycles. The van der Waals surface area contributed by atoms with E-state index in [2.05, 4.69) is 25.9 Å². The molecule has 1 fully saturated rings. The Morgan fingerprint density at radius 3 is 2.86 bits per heavy atom. The van der Waals surface area contributed by atoms with E-state index in [1.54, 1.807) is 6.20 Å². The smallest absolute Gasteiger partial charge is 0.216 e. The normalized spacial score (nSPS) is 14.5. The molecule has 0 spiro atoms. The summed E-state index contributed by atoms with van der Waals surface area (Å²) in [6, 6.07) is 9.60. The Kier molecular flexibility index (Phi) is 3.78. The van der Waals surface area contributed by atoms with E-state index in [4.69, 9.17) is 10.00 Å². The second-order valence-electron chi connectivity index (χ2n) is 4.83. The minimum atomic E-state index is 0.259. The van der Waals surface area contributed by atoms with Crippen molar-refractivity contribution < 1.29 is 4.74 Å². The molecule has 2 aromatic rings. The monoisotopic (exact) mass is 282 g/mol. The number of anilines is 1. The van der Waals surface area contributed by atoms with Crippen molar-refractivity contribution in [2.75, 3.05) is 11.9 Å². The summed E-state index contributed by atoms with van der Waals surface area (Å²) in [6.45, 7) is 0.795. The van der Waals surface area contributed by atoms with E-state index < -0.39 is 0 Å². The molecule has 1 aromatic heterocycles. The van der Waals surface area contributed by atoms with Crippen molar-refractivity contribution >= 4 is 11.3 Å². The Bertz CT molecular complexity index is 652. The second kappa shape index (κ2) is 6.05. The standard InChI is InChI=1S/C14H14N6O/c15-7-11(14-17-19-20-18-14)8-16-12-3-5-13(6-4-12)21-9-10-1-2-10/h3-6,8,10,16H,1-2,9H2,(H,17,18,19,20). The Hall–Kier alpha value is -2.88. The molecular formula is C14H14N6O. The molecule has 0 atom stereocenters. The van der Waals surface area contributed by atoms with Crippen LogP contribution >= 0.6 is 0 Å². The number of allylic oxidation sites excluding steroid dienone is 1. The van der Waals surface area contributed by atoms with Gasteiger partial charge in [0, 0.05) is 11.9 Å². The molecule has 7 heteroatoms. The first-order valence-electron chi connectivity index (χ1n) is 6.68. The first-order chi connectivity index (χ1) is 10.3. The quantitative estimate of drug-likeness (QED) is 0.786. The topological polar surface area (TPSA) is 99.5 Å². The third-order valence-electron chi connectivity index (χ3n) is 3.13. The molecule has 0 radical (unpaired) electrons. The number of aromatic amines is 1. The molecule has 2 N–H and O–H groups in total. The molecule has 0 aliphatic heterocycles. The first-order valence-corrected chi connectivity index (χ1v) is 6.68.